The summed E-state index contributed by atoms with van der Waals surface area (Å²) in [6.07, 6.45) is 2.77. The minimum absolute atomic E-state index is 0.00281. The summed E-state index contributed by atoms with van der Waals surface area (Å²) < 4.78 is 0. The van der Waals surface area contributed by atoms with E-state index < -0.39 is 5.97 Å². The van der Waals surface area contributed by atoms with E-state index in [4.69, 9.17) is 5.11 Å². The van der Waals surface area contributed by atoms with Crippen LogP contribution in [0.1, 0.15) is 25.7 Å². The predicted molar refractivity (Wildman–Crippen MR) is 57.7 cm³/mol. The predicted octanol–water partition coefficient (Wildman–Crippen LogP) is 0.309. The van der Waals surface area contributed by atoms with E-state index in [-0.39, 0.29) is 12.3 Å². The number of nitrogens with zero attached hydrogens (tertiary/aromatic N) is 1. The smallest absolute Gasteiger partial charge is 0.303 e. The first-order chi connectivity index (χ1) is 7.06. The molecule has 0 aromatic carbocycles. The van der Waals surface area contributed by atoms with Gasteiger partial charge in [-0.3, -0.25) is 14.5 Å². The van der Waals surface area contributed by atoms with Crippen LogP contribution in [0.2, 0.25) is 0 Å². The molecule has 0 aliphatic heterocycles. The number of likely N-dealkylation sites (N-methyl/N-ethyl adjacent to an activating group) is 2. The Morgan fingerprint density at radius 1 is 1.27 bits per heavy atom. The van der Waals surface area contributed by atoms with Crippen LogP contribution in [0.15, 0.2) is 0 Å². The van der Waals surface area contributed by atoms with Crippen LogP contribution in [0.3, 0.4) is 0 Å². The average Bonchev–Trinajstić information content (AvgIpc) is 2.16. The second kappa shape index (κ2) is 8.23. The third-order valence-electron chi connectivity index (χ3n) is 2.12. The maximum atomic E-state index is 11.0. The Bertz CT molecular complexity index is 207. The summed E-state index contributed by atoms with van der Waals surface area (Å²) in [7, 11) is 3.50. The van der Waals surface area contributed by atoms with Gasteiger partial charge in [0, 0.05) is 13.5 Å². The van der Waals surface area contributed by atoms with E-state index in [9.17, 15) is 9.59 Å². The molecule has 2 N–H and O–H groups in total. The number of hydrogen-bond donors (Lipinski definition) is 2. The zero-order valence-corrected chi connectivity index (χ0v) is 9.45. The van der Waals surface area contributed by atoms with E-state index in [1.54, 1.807) is 7.05 Å². The molecule has 15 heavy (non-hydrogen) atoms. The Hall–Kier alpha value is -1.10. The molecule has 0 aliphatic carbocycles. The Labute approximate surface area is 90.5 Å². The van der Waals surface area contributed by atoms with Crippen LogP contribution in [0.25, 0.3) is 0 Å². The van der Waals surface area contributed by atoms with Crippen molar-refractivity contribution in [3.63, 3.8) is 0 Å². The van der Waals surface area contributed by atoms with E-state index in [0.717, 1.165) is 19.4 Å². The van der Waals surface area contributed by atoms with Crippen molar-refractivity contribution in [2.45, 2.75) is 25.7 Å². The summed E-state index contributed by atoms with van der Waals surface area (Å²) in [6.45, 7) is 1.22. The second-order valence-corrected chi connectivity index (χ2v) is 3.62. The highest BCUT2D eigenvalue weighted by Crippen LogP contribution is 2.00. The van der Waals surface area contributed by atoms with Crippen LogP contribution in [0.4, 0.5) is 0 Å². The van der Waals surface area contributed by atoms with Crippen molar-refractivity contribution in [3.05, 3.63) is 0 Å². The molecule has 0 aromatic heterocycles. The topological polar surface area (TPSA) is 69.6 Å². The van der Waals surface area contributed by atoms with Crippen LogP contribution in [-0.4, -0.2) is 49.1 Å². The summed E-state index contributed by atoms with van der Waals surface area (Å²) in [5.74, 6) is -0.739. The maximum absolute atomic E-state index is 11.0. The molecular formula is C10H20N2O3. The number of aliphatic carboxylic acids is 1. The van der Waals surface area contributed by atoms with Gasteiger partial charge in [0.05, 0.1) is 6.54 Å². The number of carboxylic acids is 1. The number of rotatable bonds is 8. The van der Waals surface area contributed by atoms with Crippen molar-refractivity contribution in [1.82, 2.24) is 10.2 Å². The molecular weight excluding hydrogens is 196 g/mol. The fourth-order valence-corrected chi connectivity index (χ4v) is 1.24. The number of nitrogens with one attached hydrogen (secondary N) is 1. The van der Waals surface area contributed by atoms with Crippen LogP contribution < -0.4 is 5.32 Å². The molecule has 0 fully saturated rings. The monoisotopic (exact) mass is 216 g/mol. The van der Waals surface area contributed by atoms with Crippen molar-refractivity contribution >= 4 is 11.9 Å². The van der Waals surface area contributed by atoms with Gasteiger partial charge in [-0.25, -0.2) is 0 Å². The normalized spacial score (nSPS) is 10.3. The molecule has 0 bridgehead atoms. The van der Waals surface area contributed by atoms with Crippen molar-refractivity contribution in [3.8, 4) is 0 Å². The molecule has 5 nitrogen and oxygen atoms in total. The molecule has 0 aromatic rings. The molecule has 0 saturated carbocycles. The zero-order chi connectivity index (χ0) is 11.7. The number of unbranched alkanes of at least 4 members (excludes halogenated alkanes) is 2. The first-order valence-electron chi connectivity index (χ1n) is 5.17. The van der Waals surface area contributed by atoms with Gasteiger partial charge in [-0.2, -0.15) is 0 Å². The molecule has 0 radical (unpaired) electrons. The van der Waals surface area contributed by atoms with Gasteiger partial charge in [-0.1, -0.05) is 6.42 Å². The number of carbonyl (C=O) groups is 2. The highest BCUT2D eigenvalue weighted by molar-refractivity contribution is 5.77. The highest BCUT2D eigenvalue weighted by Gasteiger charge is 2.03. The minimum atomic E-state index is -0.742. The van der Waals surface area contributed by atoms with Crippen molar-refractivity contribution in [2.75, 3.05) is 27.2 Å². The molecule has 0 aliphatic rings. The average molecular weight is 216 g/mol. The van der Waals surface area contributed by atoms with E-state index >= 15 is 0 Å². The third-order valence-corrected chi connectivity index (χ3v) is 2.12. The lowest BCUT2D eigenvalue weighted by Gasteiger charge is -2.14. The van der Waals surface area contributed by atoms with E-state index in [0.29, 0.717) is 13.0 Å². The van der Waals surface area contributed by atoms with Gasteiger partial charge in [0.1, 0.15) is 0 Å². The lowest BCUT2D eigenvalue weighted by atomic mass is 10.2. The van der Waals surface area contributed by atoms with Gasteiger partial charge < -0.3 is 10.4 Å². The van der Waals surface area contributed by atoms with Crippen molar-refractivity contribution in [1.29, 1.82) is 0 Å². The first kappa shape index (κ1) is 13.9. The fraction of sp³-hybridized carbons (Fsp3) is 0.800. The van der Waals surface area contributed by atoms with E-state index in [1.807, 2.05) is 11.9 Å². The maximum Gasteiger partial charge on any atom is 0.303 e. The summed E-state index contributed by atoms with van der Waals surface area (Å²) >= 11 is 0. The van der Waals surface area contributed by atoms with Crippen molar-refractivity contribution < 1.29 is 14.7 Å². The third kappa shape index (κ3) is 9.21. The van der Waals surface area contributed by atoms with Gasteiger partial charge in [0.15, 0.2) is 0 Å². The number of carboxylic acid groups (broad SMARTS) is 1. The van der Waals surface area contributed by atoms with Crippen LogP contribution in [-0.2, 0) is 9.59 Å². The summed E-state index contributed by atoms with van der Waals surface area (Å²) in [6, 6.07) is 0. The fourth-order valence-electron chi connectivity index (χ4n) is 1.24. The van der Waals surface area contributed by atoms with E-state index in [1.165, 1.54) is 0 Å². The SMILES string of the molecule is CNC(=O)CN(C)CCCCCC(=O)O. The lowest BCUT2D eigenvalue weighted by Crippen LogP contribution is -2.33. The lowest BCUT2D eigenvalue weighted by molar-refractivity contribution is -0.137. The summed E-state index contributed by atoms with van der Waals surface area (Å²) in [5, 5.41) is 11.0. The number of carbonyl (C=O) groups excluding carboxylic acids is 1. The van der Waals surface area contributed by atoms with Gasteiger partial charge in [0.2, 0.25) is 5.91 Å². The van der Waals surface area contributed by atoms with Crippen LogP contribution in [0.5, 0.6) is 0 Å². The minimum Gasteiger partial charge on any atom is -0.481 e. The van der Waals surface area contributed by atoms with Crippen LogP contribution in [0, 0.1) is 0 Å². The van der Waals surface area contributed by atoms with E-state index in [2.05, 4.69) is 5.32 Å². The molecule has 0 atom stereocenters. The van der Waals surface area contributed by atoms with Crippen molar-refractivity contribution in [2.24, 2.45) is 0 Å². The molecule has 0 rings (SSSR count). The van der Waals surface area contributed by atoms with Gasteiger partial charge in [-0.05, 0) is 26.4 Å². The number of hydrogen-bond acceptors (Lipinski definition) is 3. The standard InChI is InChI=1S/C10H20N2O3/c1-11-9(13)8-12(2)7-5-3-4-6-10(14)15/h3-8H2,1-2H3,(H,11,13)(H,14,15). The highest BCUT2D eigenvalue weighted by atomic mass is 16.4. The summed E-state index contributed by atoms with van der Waals surface area (Å²) in [4.78, 5) is 23.1. The van der Waals surface area contributed by atoms with Crippen LogP contribution >= 0.6 is 0 Å². The molecule has 0 heterocycles. The number of amides is 1. The molecule has 1 amide bonds. The zero-order valence-electron chi connectivity index (χ0n) is 9.45. The van der Waals surface area contributed by atoms with Gasteiger partial charge in [-0.15, -0.1) is 0 Å². The Kier molecular flexibility index (Phi) is 7.62. The summed E-state index contributed by atoms with van der Waals surface area (Å²) in [5.41, 5.74) is 0. The second-order valence-electron chi connectivity index (χ2n) is 3.62. The first-order valence-corrected chi connectivity index (χ1v) is 5.17. The molecule has 5 heteroatoms. The molecule has 0 unspecified atom stereocenters. The quantitative estimate of drug-likeness (QED) is 0.573. The Morgan fingerprint density at radius 3 is 2.47 bits per heavy atom. The largest absolute Gasteiger partial charge is 0.481 e. The molecule has 0 saturated heterocycles. The Morgan fingerprint density at radius 2 is 1.93 bits per heavy atom. The molecule has 88 valence electrons. The van der Waals surface area contributed by atoms with Gasteiger partial charge >= 0.3 is 5.97 Å². The Balaban J connectivity index is 3.35. The molecule has 0 spiro atoms. The van der Waals surface area contributed by atoms with Gasteiger partial charge in [0.25, 0.3) is 0 Å².